The van der Waals surface area contributed by atoms with Gasteiger partial charge in [-0.25, -0.2) is 9.97 Å². The predicted molar refractivity (Wildman–Crippen MR) is 128 cm³/mol. The molecule has 7 nitrogen and oxygen atoms in total. The highest BCUT2D eigenvalue weighted by Crippen LogP contribution is 2.40. The van der Waals surface area contributed by atoms with Crippen molar-refractivity contribution in [1.82, 2.24) is 31.1 Å². The number of hydrogen-bond donors (Lipinski definition) is 3. The van der Waals surface area contributed by atoms with E-state index in [0.29, 0.717) is 18.9 Å². The van der Waals surface area contributed by atoms with Gasteiger partial charge < -0.3 is 5.32 Å². The van der Waals surface area contributed by atoms with E-state index < -0.39 is 0 Å². The summed E-state index contributed by atoms with van der Waals surface area (Å²) in [5.41, 5.74) is 11.2. The number of carbonyl (C=O) groups excluding carboxylic acids is 1. The molecule has 0 spiro atoms. The standard InChI is InChI=1S/C26H30N6O/c1-16-21(17(2)32-31-16)13-24(33)28-14-18-6-8-19(9-7-18)25-22(23-5-3-4-12-27-23)15-29-26(30-25)20-10-11-20/h3-9,12,15-17,20-21,31-32H,10-11,13-14H2,1-2H3,(H,28,33). The minimum atomic E-state index is 0.0793. The first kappa shape index (κ1) is 21.7. The number of hydrogen-bond acceptors (Lipinski definition) is 6. The number of carbonyl (C=O) groups is 1. The molecule has 7 heteroatoms. The van der Waals surface area contributed by atoms with Crippen molar-refractivity contribution >= 4 is 5.91 Å². The zero-order valence-electron chi connectivity index (χ0n) is 19.1. The molecule has 1 saturated carbocycles. The van der Waals surface area contributed by atoms with Crippen LogP contribution in [0, 0.1) is 5.92 Å². The lowest BCUT2D eigenvalue weighted by atomic mass is 9.93. The van der Waals surface area contributed by atoms with Gasteiger partial charge in [0.2, 0.25) is 5.91 Å². The van der Waals surface area contributed by atoms with E-state index in [1.807, 2.05) is 24.4 Å². The van der Waals surface area contributed by atoms with Gasteiger partial charge in [-0.05, 0) is 44.4 Å². The van der Waals surface area contributed by atoms with Crippen LogP contribution >= 0.6 is 0 Å². The van der Waals surface area contributed by atoms with Gasteiger partial charge in [0.15, 0.2) is 0 Å². The monoisotopic (exact) mass is 442 g/mol. The molecular formula is C26H30N6O. The molecule has 33 heavy (non-hydrogen) atoms. The van der Waals surface area contributed by atoms with Crippen LogP contribution in [-0.2, 0) is 11.3 Å². The van der Waals surface area contributed by atoms with Crippen molar-refractivity contribution in [3.05, 3.63) is 66.2 Å². The molecule has 2 fully saturated rings. The third kappa shape index (κ3) is 4.94. The first-order valence-corrected chi connectivity index (χ1v) is 11.7. The molecule has 1 amide bonds. The Bertz CT molecular complexity index is 1100. The Morgan fingerprint density at radius 2 is 1.79 bits per heavy atom. The first-order chi connectivity index (χ1) is 16.1. The normalized spacial score (nSPS) is 22.3. The van der Waals surface area contributed by atoms with Gasteiger partial charge in [-0.3, -0.25) is 20.6 Å². The Morgan fingerprint density at radius 3 is 2.45 bits per heavy atom. The third-order valence-corrected chi connectivity index (χ3v) is 6.65. The van der Waals surface area contributed by atoms with Gasteiger partial charge in [-0.15, -0.1) is 0 Å². The van der Waals surface area contributed by atoms with E-state index in [-0.39, 0.29) is 23.9 Å². The van der Waals surface area contributed by atoms with Crippen LogP contribution in [0.3, 0.4) is 0 Å². The molecule has 1 aromatic carbocycles. The summed E-state index contributed by atoms with van der Waals surface area (Å²) < 4.78 is 0. The molecule has 3 aromatic rings. The molecule has 2 atom stereocenters. The van der Waals surface area contributed by atoms with E-state index >= 15 is 0 Å². The summed E-state index contributed by atoms with van der Waals surface area (Å²) in [4.78, 5) is 26.5. The maximum atomic E-state index is 12.5. The van der Waals surface area contributed by atoms with E-state index in [1.165, 1.54) is 0 Å². The molecule has 5 rings (SSSR count). The van der Waals surface area contributed by atoms with Gasteiger partial charge in [-0.1, -0.05) is 30.3 Å². The fourth-order valence-corrected chi connectivity index (χ4v) is 4.39. The maximum Gasteiger partial charge on any atom is 0.220 e. The second-order valence-electron chi connectivity index (χ2n) is 9.19. The van der Waals surface area contributed by atoms with Crippen LogP contribution in [-0.4, -0.2) is 32.9 Å². The average molecular weight is 443 g/mol. The van der Waals surface area contributed by atoms with Crippen molar-refractivity contribution in [2.75, 3.05) is 0 Å². The number of benzene rings is 1. The topological polar surface area (TPSA) is 91.8 Å². The van der Waals surface area contributed by atoms with E-state index in [9.17, 15) is 4.79 Å². The van der Waals surface area contributed by atoms with E-state index in [2.05, 4.69) is 64.2 Å². The van der Waals surface area contributed by atoms with Crippen molar-refractivity contribution in [2.24, 2.45) is 5.92 Å². The van der Waals surface area contributed by atoms with Gasteiger partial charge in [0.1, 0.15) is 5.82 Å². The number of aromatic nitrogens is 3. The summed E-state index contributed by atoms with van der Waals surface area (Å²) in [5.74, 6) is 1.76. The number of nitrogens with zero attached hydrogens (tertiary/aromatic N) is 3. The molecule has 0 radical (unpaired) electrons. The second kappa shape index (κ2) is 9.37. The van der Waals surface area contributed by atoms with Crippen molar-refractivity contribution in [2.45, 2.75) is 57.7 Å². The number of pyridine rings is 1. The van der Waals surface area contributed by atoms with Crippen LogP contribution in [0.2, 0.25) is 0 Å². The summed E-state index contributed by atoms with van der Waals surface area (Å²) >= 11 is 0. The fourth-order valence-electron chi connectivity index (χ4n) is 4.39. The predicted octanol–water partition coefficient (Wildman–Crippen LogP) is 3.59. The Balaban J connectivity index is 1.30. The molecule has 2 unspecified atom stereocenters. The quantitative estimate of drug-likeness (QED) is 0.518. The molecule has 2 aliphatic rings. The van der Waals surface area contributed by atoms with Gasteiger partial charge >= 0.3 is 0 Å². The zero-order valence-corrected chi connectivity index (χ0v) is 19.1. The van der Waals surface area contributed by atoms with Crippen LogP contribution in [0.15, 0.2) is 54.9 Å². The summed E-state index contributed by atoms with van der Waals surface area (Å²) in [6.07, 6.45) is 6.52. The van der Waals surface area contributed by atoms with Crippen molar-refractivity contribution in [1.29, 1.82) is 0 Å². The summed E-state index contributed by atoms with van der Waals surface area (Å²) in [6.45, 7) is 4.72. The second-order valence-corrected chi connectivity index (χ2v) is 9.19. The lowest BCUT2D eigenvalue weighted by molar-refractivity contribution is -0.122. The lowest BCUT2D eigenvalue weighted by Crippen LogP contribution is -2.31. The van der Waals surface area contributed by atoms with E-state index in [1.54, 1.807) is 6.20 Å². The molecular weight excluding hydrogens is 412 g/mol. The molecule has 2 aromatic heterocycles. The minimum absolute atomic E-state index is 0.0793. The van der Waals surface area contributed by atoms with Crippen LogP contribution in [0.5, 0.6) is 0 Å². The summed E-state index contributed by atoms with van der Waals surface area (Å²) in [5, 5.41) is 3.07. The minimum Gasteiger partial charge on any atom is -0.352 e. The Morgan fingerprint density at radius 1 is 1.03 bits per heavy atom. The van der Waals surface area contributed by atoms with Gasteiger partial charge in [-0.2, -0.15) is 0 Å². The molecule has 3 N–H and O–H groups in total. The fraction of sp³-hybridized carbons (Fsp3) is 0.385. The van der Waals surface area contributed by atoms with E-state index in [4.69, 9.17) is 4.98 Å². The smallest absolute Gasteiger partial charge is 0.220 e. The van der Waals surface area contributed by atoms with Crippen LogP contribution in [0.1, 0.15) is 50.4 Å². The highest BCUT2D eigenvalue weighted by atomic mass is 16.1. The number of hydrazine groups is 1. The van der Waals surface area contributed by atoms with Gasteiger partial charge in [0.05, 0.1) is 11.4 Å². The Kier molecular flexibility index (Phi) is 6.15. The Hall–Kier alpha value is -3.16. The number of nitrogens with one attached hydrogen (secondary N) is 3. The SMILES string of the molecule is CC1NNC(C)C1CC(=O)NCc1ccc(-c2nc(C3CC3)ncc2-c2ccccn2)cc1. The number of amides is 1. The van der Waals surface area contributed by atoms with Crippen molar-refractivity contribution in [3.63, 3.8) is 0 Å². The van der Waals surface area contributed by atoms with Gasteiger partial charge in [0, 0.05) is 60.4 Å². The third-order valence-electron chi connectivity index (χ3n) is 6.65. The zero-order chi connectivity index (χ0) is 22.8. The maximum absolute atomic E-state index is 12.5. The average Bonchev–Trinajstić information content (AvgIpc) is 3.66. The molecule has 1 aliphatic carbocycles. The summed E-state index contributed by atoms with van der Waals surface area (Å²) in [6, 6.07) is 14.7. The van der Waals surface area contributed by atoms with Crippen LogP contribution in [0.25, 0.3) is 22.5 Å². The van der Waals surface area contributed by atoms with Crippen molar-refractivity contribution in [3.8, 4) is 22.5 Å². The van der Waals surface area contributed by atoms with E-state index in [0.717, 1.165) is 46.7 Å². The molecule has 0 bridgehead atoms. The summed E-state index contributed by atoms with van der Waals surface area (Å²) in [7, 11) is 0. The molecule has 170 valence electrons. The largest absolute Gasteiger partial charge is 0.352 e. The lowest BCUT2D eigenvalue weighted by Gasteiger charge is -2.17. The number of rotatable bonds is 7. The Labute approximate surface area is 194 Å². The first-order valence-electron chi connectivity index (χ1n) is 11.7. The molecule has 3 heterocycles. The highest BCUT2D eigenvalue weighted by Gasteiger charge is 2.31. The van der Waals surface area contributed by atoms with Gasteiger partial charge in [0.25, 0.3) is 0 Å². The molecule has 1 saturated heterocycles. The van der Waals surface area contributed by atoms with Crippen LogP contribution < -0.4 is 16.2 Å². The van der Waals surface area contributed by atoms with Crippen molar-refractivity contribution < 1.29 is 4.79 Å². The molecule has 1 aliphatic heterocycles. The van der Waals surface area contributed by atoms with Crippen LogP contribution in [0.4, 0.5) is 0 Å². The highest BCUT2D eigenvalue weighted by molar-refractivity contribution is 5.79.